The third-order valence-electron chi connectivity index (χ3n) is 4.50. The van der Waals surface area contributed by atoms with Crippen molar-refractivity contribution in [2.24, 2.45) is 0 Å². The lowest BCUT2D eigenvalue weighted by molar-refractivity contribution is -0.122. The quantitative estimate of drug-likeness (QED) is 0.538. The number of aromatic nitrogens is 3. The van der Waals surface area contributed by atoms with E-state index in [0.29, 0.717) is 6.42 Å². The molecule has 0 saturated heterocycles. The molecule has 0 radical (unpaired) electrons. The van der Waals surface area contributed by atoms with Crippen LogP contribution < -0.4 is 10.9 Å². The summed E-state index contributed by atoms with van der Waals surface area (Å²) in [5, 5.41) is 0.946. The van der Waals surface area contributed by atoms with Crippen LogP contribution in [0, 0.1) is 0 Å². The minimum absolute atomic E-state index is 0.0646. The molecule has 0 atom stereocenters. The number of nitrogens with zero attached hydrogens (tertiary/aromatic N) is 3. The van der Waals surface area contributed by atoms with Crippen LogP contribution in [0.3, 0.4) is 0 Å². The van der Waals surface area contributed by atoms with E-state index in [-0.39, 0.29) is 18.1 Å². The Morgan fingerprint density at radius 2 is 1.64 bits per heavy atom. The fourth-order valence-electron chi connectivity index (χ4n) is 3.14. The molecule has 2 N–H and O–H groups in total. The van der Waals surface area contributed by atoms with Crippen molar-refractivity contribution in [2.45, 2.75) is 19.9 Å². The van der Waals surface area contributed by atoms with Crippen molar-refractivity contribution in [2.75, 3.05) is 0 Å². The first-order valence-corrected chi connectivity index (χ1v) is 9.05. The maximum absolute atomic E-state index is 12.4. The predicted molar refractivity (Wildman–Crippen MR) is 106 cm³/mol. The molecule has 140 valence electrons. The average Bonchev–Trinajstić information content (AvgIpc) is 3.09. The van der Waals surface area contributed by atoms with Crippen LogP contribution in [0.1, 0.15) is 23.2 Å². The second-order valence-corrected chi connectivity index (χ2v) is 6.35. The van der Waals surface area contributed by atoms with Crippen molar-refractivity contribution in [1.29, 1.82) is 0 Å². The summed E-state index contributed by atoms with van der Waals surface area (Å²) in [6.45, 7) is 2.05. The van der Waals surface area contributed by atoms with Gasteiger partial charge >= 0.3 is 0 Å². The van der Waals surface area contributed by atoms with Gasteiger partial charge in [0.25, 0.3) is 11.8 Å². The summed E-state index contributed by atoms with van der Waals surface area (Å²) in [4.78, 5) is 33.6. The number of carbonyl (C=O) groups excluding carboxylic acids is 2. The van der Waals surface area contributed by atoms with E-state index in [4.69, 9.17) is 0 Å². The van der Waals surface area contributed by atoms with E-state index in [1.165, 1.54) is 0 Å². The lowest BCUT2D eigenvalue weighted by Crippen LogP contribution is -2.43. The SMILES string of the molecule is CCc1nc2ccccc2n1CC(=O)NNC(=O)c1ccc2ccccc2n1. The van der Waals surface area contributed by atoms with Gasteiger partial charge in [-0.2, -0.15) is 0 Å². The summed E-state index contributed by atoms with van der Waals surface area (Å²) < 4.78 is 1.85. The molecule has 7 heteroatoms. The van der Waals surface area contributed by atoms with Gasteiger partial charge in [-0.1, -0.05) is 43.3 Å². The first-order chi connectivity index (χ1) is 13.7. The van der Waals surface area contributed by atoms with Crippen LogP contribution >= 0.6 is 0 Å². The van der Waals surface area contributed by atoms with Crippen molar-refractivity contribution >= 4 is 33.8 Å². The highest BCUT2D eigenvalue weighted by Gasteiger charge is 2.14. The van der Waals surface area contributed by atoms with Gasteiger partial charge in [0.05, 0.1) is 16.6 Å². The Bertz CT molecular complexity index is 1180. The number of hydrazine groups is 1. The van der Waals surface area contributed by atoms with E-state index < -0.39 is 5.91 Å². The number of carbonyl (C=O) groups is 2. The van der Waals surface area contributed by atoms with Gasteiger partial charge in [0, 0.05) is 11.8 Å². The second kappa shape index (κ2) is 7.48. The maximum atomic E-state index is 12.4. The molecule has 2 heterocycles. The van der Waals surface area contributed by atoms with Crippen molar-refractivity contribution in [3.8, 4) is 0 Å². The Morgan fingerprint density at radius 3 is 2.46 bits per heavy atom. The molecular weight excluding hydrogens is 354 g/mol. The molecule has 2 amide bonds. The number of benzene rings is 2. The molecule has 4 aromatic rings. The number of aryl methyl sites for hydroxylation is 1. The van der Waals surface area contributed by atoms with Crippen LogP contribution in [0.4, 0.5) is 0 Å². The number of rotatable bonds is 4. The minimum atomic E-state index is -0.467. The molecule has 2 aromatic carbocycles. The Hall–Kier alpha value is -3.74. The van der Waals surface area contributed by atoms with Crippen molar-refractivity contribution in [3.63, 3.8) is 0 Å². The lowest BCUT2D eigenvalue weighted by Gasteiger charge is -2.10. The van der Waals surface area contributed by atoms with Crippen molar-refractivity contribution in [1.82, 2.24) is 25.4 Å². The van der Waals surface area contributed by atoms with E-state index in [1.54, 1.807) is 6.07 Å². The zero-order valence-corrected chi connectivity index (χ0v) is 15.3. The smallest absolute Gasteiger partial charge is 0.288 e. The highest BCUT2D eigenvalue weighted by molar-refractivity contribution is 5.96. The molecule has 2 aromatic heterocycles. The molecule has 0 aliphatic carbocycles. The third kappa shape index (κ3) is 3.42. The molecule has 0 saturated carbocycles. The van der Waals surface area contributed by atoms with Gasteiger partial charge in [-0.3, -0.25) is 20.4 Å². The van der Waals surface area contributed by atoms with Gasteiger partial charge in [-0.25, -0.2) is 9.97 Å². The summed E-state index contributed by atoms with van der Waals surface area (Å²) in [5.41, 5.74) is 7.57. The minimum Gasteiger partial charge on any atom is -0.318 e. The molecule has 0 spiro atoms. The van der Waals surface area contributed by atoms with Gasteiger partial charge in [0.2, 0.25) is 0 Å². The summed E-state index contributed by atoms with van der Waals surface area (Å²) in [7, 11) is 0. The fourth-order valence-corrected chi connectivity index (χ4v) is 3.14. The fraction of sp³-hybridized carbons (Fsp3) is 0.143. The molecule has 0 aliphatic rings. The molecular formula is C21H19N5O2. The monoisotopic (exact) mass is 373 g/mol. The maximum Gasteiger partial charge on any atom is 0.288 e. The number of hydrogen-bond donors (Lipinski definition) is 2. The van der Waals surface area contributed by atoms with Crippen LogP contribution in [0.2, 0.25) is 0 Å². The predicted octanol–water partition coefficient (Wildman–Crippen LogP) is 2.61. The van der Waals surface area contributed by atoms with E-state index in [2.05, 4.69) is 20.8 Å². The highest BCUT2D eigenvalue weighted by Crippen LogP contribution is 2.16. The van der Waals surface area contributed by atoms with E-state index in [0.717, 1.165) is 27.8 Å². The zero-order valence-electron chi connectivity index (χ0n) is 15.3. The number of amides is 2. The van der Waals surface area contributed by atoms with E-state index in [1.807, 2.05) is 66.1 Å². The first-order valence-electron chi connectivity index (χ1n) is 9.05. The largest absolute Gasteiger partial charge is 0.318 e. The first kappa shape index (κ1) is 17.7. The number of imidazole rings is 1. The number of hydrogen-bond acceptors (Lipinski definition) is 4. The summed E-state index contributed by atoms with van der Waals surface area (Å²) >= 11 is 0. The standard InChI is InChI=1S/C21H19N5O2/c1-2-19-23-16-9-5-6-10-18(16)26(19)13-20(27)24-25-21(28)17-12-11-14-7-3-4-8-15(14)22-17/h3-12H,2,13H2,1H3,(H,24,27)(H,25,28). The Balaban J connectivity index is 1.45. The summed E-state index contributed by atoms with van der Waals surface area (Å²) in [6.07, 6.45) is 0.704. The van der Waals surface area contributed by atoms with E-state index in [9.17, 15) is 9.59 Å². The molecule has 0 aliphatic heterocycles. The van der Waals surface area contributed by atoms with Crippen molar-refractivity contribution in [3.05, 3.63) is 72.2 Å². The molecule has 0 unspecified atom stereocenters. The van der Waals surface area contributed by atoms with Crippen LogP contribution in [-0.4, -0.2) is 26.3 Å². The second-order valence-electron chi connectivity index (χ2n) is 6.35. The molecule has 0 fully saturated rings. The lowest BCUT2D eigenvalue weighted by atomic mass is 10.2. The topological polar surface area (TPSA) is 88.9 Å². The number of pyridine rings is 1. The Labute approximate surface area is 161 Å². The van der Waals surface area contributed by atoms with Crippen molar-refractivity contribution < 1.29 is 9.59 Å². The number of nitrogens with one attached hydrogen (secondary N) is 2. The van der Waals surface area contributed by atoms with Gasteiger partial charge < -0.3 is 4.57 Å². The van der Waals surface area contributed by atoms with Crippen LogP contribution in [0.25, 0.3) is 21.9 Å². The molecule has 28 heavy (non-hydrogen) atoms. The highest BCUT2D eigenvalue weighted by atomic mass is 16.2. The molecule has 4 rings (SSSR count). The number of para-hydroxylation sites is 3. The Morgan fingerprint density at radius 1 is 0.893 bits per heavy atom. The third-order valence-corrected chi connectivity index (χ3v) is 4.50. The van der Waals surface area contributed by atoms with Gasteiger partial charge in [-0.15, -0.1) is 0 Å². The van der Waals surface area contributed by atoms with E-state index >= 15 is 0 Å². The summed E-state index contributed by atoms with van der Waals surface area (Å²) in [6, 6.07) is 18.6. The van der Waals surface area contributed by atoms with Gasteiger partial charge in [0.15, 0.2) is 0 Å². The zero-order chi connectivity index (χ0) is 19.5. The summed E-state index contributed by atoms with van der Waals surface area (Å²) in [5.74, 6) is 0.0103. The molecule has 0 bridgehead atoms. The normalized spacial score (nSPS) is 10.9. The van der Waals surface area contributed by atoms with Gasteiger partial charge in [0.1, 0.15) is 18.1 Å². The van der Waals surface area contributed by atoms with Gasteiger partial charge in [-0.05, 0) is 24.3 Å². The van der Waals surface area contributed by atoms with Crippen LogP contribution in [-0.2, 0) is 17.8 Å². The molecule has 7 nitrogen and oxygen atoms in total. The number of fused-ring (bicyclic) bond motifs is 2. The van der Waals surface area contributed by atoms with Crippen LogP contribution in [0.15, 0.2) is 60.7 Å². The average molecular weight is 373 g/mol. The Kier molecular flexibility index (Phi) is 4.72. The van der Waals surface area contributed by atoms with Crippen LogP contribution in [0.5, 0.6) is 0 Å².